The molecule has 32 atom stereocenters. The maximum atomic E-state index is 13.2. The molecule has 0 aromatic carbocycles. The van der Waals surface area contributed by atoms with Crippen molar-refractivity contribution in [3.8, 4) is 0 Å². The Labute approximate surface area is 482 Å². The molecular formula is C55H90O27S. The molecule has 5 aliphatic heterocycles. The molecule has 0 aromatic rings. The summed E-state index contributed by atoms with van der Waals surface area (Å²) in [5.74, 6) is -0.731. The molecule has 9 rings (SSSR count). The van der Waals surface area contributed by atoms with Crippen LogP contribution in [0.2, 0.25) is 0 Å². The average Bonchev–Trinajstić information content (AvgIpc) is 1.90. The summed E-state index contributed by atoms with van der Waals surface area (Å²) in [6.45, 7) is 13.1. The second-order valence-corrected chi connectivity index (χ2v) is 27.3. The molecule has 478 valence electrons. The van der Waals surface area contributed by atoms with Crippen molar-refractivity contribution in [3.63, 3.8) is 0 Å². The topological polar surface area (TPSA) is 416 Å². The fourth-order valence-corrected chi connectivity index (χ4v) is 16.0. The number of hydrogen-bond donors (Lipinski definition) is 13. The molecule has 27 nitrogen and oxygen atoms in total. The third-order valence-electron chi connectivity index (χ3n) is 19.9. The number of aliphatic hydroxyl groups excluding tert-OH is 11. The fourth-order valence-electron chi connectivity index (χ4n) is 15.5. The molecule has 5 heterocycles. The fraction of sp³-hybridized carbons (Fsp3) is 0.945. The molecule has 5 saturated heterocycles. The summed E-state index contributed by atoms with van der Waals surface area (Å²) in [6.07, 6.45) is -33.9. The number of hydrogen-bond acceptors (Lipinski definition) is 26. The maximum absolute atomic E-state index is 13.2. The molecule has 83 heavy (non-hydrogen) atoms. The number of Topliss-reactive ketones (excluding diaryl/α,β-unsaturated/α-hetero) is 1. The lowest BCUT2D eigenvalue weighted by Gasteiger charge is -2.60. The van der Waals surface area contributed by atoms with Gasteiger partial charge in [-0.15, -0.1) is 0 Å². The summed E-state index contributed by atoms with van der Waals surface area (Å²) >= 11 is 0. The van der Waals surface area contributed by atoms with Crippen molar-refractivity contribution in [1.29, 1.82) is 0 Å². The highest BCUT2D eigenvalue weighted by atomic mass is 32.3. The summed E-state index contributed by atoms with van der Waals surface area (Å²) in [5.41, 5.74) is -1.21. The first-order chi connectivity index (χ1) is 38.7. The van der Waals surface area contributed by atoms with E-state index in [9.17, 15) is 79.0 Å². The molecule has 0 aromatic heterocycles. The zero-order chi connectivity index (χ0) is 60.7. The van der Waals surface area contributed by atoms with Gasteiger partial charge in [-0.3, -0.25) is 9.35 Å². The van der Waals surface area contributed by atoms with E-state index in [-0.39, 0.29) is 48.7 Å². The number of aliphatic hydroxyl groups is 12. The Hall–Kier alpha value is -1.60. The van der Waals surface area contributed by atoms with Gasteiger partial charge in [0.15, 0.2) is 31.5 Å². The van der Waals surface area contributed by atoms with Crippen LogP contribution in [0.15, 0.2) is 11.6 Å². The van der Waals surface area contributed by atoms with Gasteiger partial charge in [0.1, 0.15) is 97.3 Å². The Morgan fingerprint density at radius 1 is 0.639 bits per heavy atom. The monoisotopic (exact) mass is 1210 g/mol. The molecule has 0 radical (unpaired) electrons. The minimum absolute atomic E-state index is 0.00824. The van der Waals surface area contributed by atoms with Crippen LogP contribution in [0.4, 0.5) is 0 Å². The standard InChI is InChI=1S/C55H90O27S/c1-21(2)15-25(56)18-55(8,68)34-10-9-28-27-17-32(30-16-26(82-83(69,70)71)11-13-53(30,6)29(27)12-14-54(28,34)7)77-50-44(67)45(37(60)24(5)76-50)79-52-47(81-49-43(66)41(64)36(59)23(4)75-49)39(62)33(20-73-52)78-51-46(38(61)31(57)19-72-51)80-48-42(65)40(63)35(58)22(3)74-48/h12,21-24,26-28,30-52,57-68H,9-11,13-20H2,1-8H3,(H,69,70,71)/t22-,23-,24-,26+,27+,28+,30-,31-,32+,33-,34+,35+,36-,37-,38+,39+,40+,41+,42-,43-,44-,45+,46-,47-,48+,49+,50+,51+,52+,53-,54+,55-/m1/s1. The Balaban J connectivity index is 0.972. The van der Waals surface area contributed by atoms with Gasteiger partial charge in [0.2, 0.25) is 0 Å². The zero-order valence-electron chi connectivity index (χ0n) is 48.1. The van der Waals surface area contributed by atoms with Crippen molar-refractivity contribution in [2.24, 2.45) is 40.4 Å². The number of fused-ring (bicyclic) bond motifs is 5. The minimum atomic E-state index is -4.87. The van der Waals surface area contributed by atoms with E-state index >= 15 is 0 Å². The SMILES string of the molecule is CC(C)CC(=O)C[C@@](C)(O)[C@H]1CC[C@H]2[C@@H]3C[C@H](O[C@@H]4O[C@H](C)[C@@H](O)[C@H](O[C@@H]5OC[C@@H](O[C@@H]6OC[C@@H](O)[C@H](O)[C@H]6O[C@@H]6O[C@H](C)[C@H](O)[C@H](O)[C@H]6O)[C@H](O)[C@H]5O[C@@H]5O[C@H](C)[C@@H](O)[C@H](O)[C@H]5O)[C@H]4O)[C@H]4C[C@@H](OS(=O)(=O)O)CC[C@]4(C)C3=CC[C@@]21C. The smallest absolute Gasteiger partial charge is 0.389 e. The van der Waals surface area contributed by atoms with Gasteiger partial charge in [-0.25, -0.2) is 4.18 Å². The van der Waals surface area contributed by atoms with E-state index in [2.05, 4.69) is 19.9 Å². The van der Waals surface area contributed by atoms with Gasteiger partial charge in [0.25, 0.3) is 0 Å². The summed E-state index contributed by atoms with van der Waals surface area (Å²) in [6, 6.07) is 0. The summed E-state index contributed by atoms with van der Waals surface area (Å²) in [7, 11) is -4.87. The molecule has 28 heteroatoms. The number of rotatable bonds is 17. The van der Waals surface area contributed by atoms with E-state index in [1.54, 1.807) is 6.92 Å². The van der Waals surface area contributed by atoms with Crippen LogP contribution in [0.1, 0.15) is 113 Å². The van der Waals surface area contributed by atoms with E-state index in [1.807, 2.05) is 13.8 Å². The van der Waals surface area contributed by atoms with E-state index in [0.29, 0.717) is 32.1 Å². The highest BCUT2D eigenvalue weighted by molar-refractivity contribution is 7.80. The quantitative estimate of drug-likeness (QED) is 0.0551. The minimum Gasteiger partial charge on any atom is -0.389 e. The lowest BCUT2D eigenvalue weighted by Crippen LogP contribution is -2.66. The van der Waals surface area contributed by atoms with Crippen molar-refractivity contribution in [2.45, 2.75) is 272 Å². The second kappa shape index (κ2) is 25.4. The number of ketones is 1. The van der Waals surface area contributed by atoms with Gasteiger partial charge in [-0.1, -0.05) is 39.3 Å². The van der Waals surface area contributed by atoms with Crippen molar-refractivity contribution >= 4 is 16.2 Å². The van der Waals surface area contributed by atoms with Crippen LogP contribution in [0, 0.1) is 40.4 Å². The Bertz CT molecular complexity index is 2370. The predicted molar refractivity (Wildman–Crippen MR) is 280 cm³/mol. The predicted octanol–water partition coefficient (Wildman–Crippen LogP) is -2.04. The summed E-state index contributed by atoms with van der Waals surface area (Å²) in [4.78, 5) is 13.2. The molecular weight excluding hydrogens is 1120 g/mol. The molecule has 3 saturated carbocycles. The first-order valence-electron chi connectivity index (χ1n) is 29.3. The van der Waals surface area contributed by atoms with Gasteiger partial charge in [-0.05, 0) is 113 Å². The third-order valence-corrected chi connectivity index (χ3v) is 20.4. The van der Waals surface area contributed by atoms with Gasteiger partial charge in [0, 0.05) is 12.8 Å². The van der Waals surface area contributed by atoms with Crippen LogP contribution in [-0.4, -0.2) is 252 Å². The molecule has 0 bridgehead atoms. The van der Waals surface area contributed by atoms with Gasteiger partial charge < -0.3 is 109 Å². The van der Waals surface area contributed by atoms with E-state index < -0.39 is 199 Å². The van der Waals surface area contributed by atoms with Crippen molar-refractivity contribution in [1.82, 2.24) is 0 Å². The van der Waals surface area contributed by atoms with Crippen LogP contribution in [0.3, 0.4) is 0 Å². The van der Waals surface area contributed by atoms with E-state index in [4.69, 9.17) is 51.6 Å². The first kappa shape index (κ1) is 65.8. The lowest BCUT2D eigenvalue weighted by molar-refractivity contribution is -0.394. The Morgan fingerprint density at radius 2 is 1.17 bits per heavy atom. The van der Waals surface area contributed by atoms with Gasteiger partial charge >= 0.3 is 10.4 Å². The molecule has 8 fully saturated rings. The summed E-state index contributed by atoms with van der Waals surface area (Å²) in [5, 5.41) is 134. The second-order valence-electron chi connectivity index (χ2n) is 26.2. The van der Waals surface area contributed by atoms with Crippen LogP contribution in [0.25, 0.3) is 0 Å². The molecule has 0 unspecified atom stereocenters. The Morgan fingerprint density at radius 3 is 1.76 bits per heavy atom. The third kappa shape index (κ3) is 13.2. The van der Waals surface area contributed by atoms with Crippen LogP contribution >= 0.6 is 0 Å². The van der Waals surface area contributed by atoms with Crippen molar-refractivity contribution < 1.29 is 131 Å². The number of ether oxygens (including phenoxy) is 10. The lowest BCUT2D eigenvalue weighted by atomic mass is 9.47. The van der Waals surface area contributed by atoms with Crippen LogP contribution in [-0.2, 0) is 66.7 Å². The van der Waals surface area contributed by atoms with Crippen molar-refractivity contribution in [2.75, 3.05) is 13.2 Å². The molecule has 9 aliphatic rings. The molecule has 4 aliphatic carbocycles. The normalized spacial score (nSPS) is 51.3. The number of carbonyl (C=O) groups is 1. The first-order valence-corrected chi connectivity index (χ1v) is 30.7. The number of allylic oxidation sites excluding steroid dienone is 2. The highest BCUT2D eigenvalue weighted by Crippen LogP contribution is 2.67. The van der Waals surface area contributed by atoms with Crippen LogP contribution < -0.4 is 0 Å². The molecule has 0 spiro atoms. The maximum Gasteiger partial charge on any atom is 0.397 e. The highest BCUT2D eigenvalue weighted by Gasteiger charge is 2.64. The van der Waals surface area contributed by atoms with E-state index in [1.165, 1.54) is 20.8 Å². The van der Waals surface area contributed by atoms with E-state index in [0.717, 1.165) is 12.0 Å². The Kier molecular flexibility index (Phi) is 20.1. The zero-order valence-corrected chi connectivity index (χ0v) is 48.9. The molecule has 13 N–H and O–H groups in total. The largest absolute Gasteiger partial charge is 0.397 e. The molecule has 0 amide bonds. The van der Waals surface area contributed by atoms with Gasteiger partial charge in [-0.2, -0.15) is 8.42 Å². The van der Waals surface area contributed by atoms with Gasteiger partial charge in [0.05, 0.1) is 49.3 Å². The van der Waals surface area contributed by atoms with Crippen molar-refractivity contribution in [3.05, 3.63) is 11.6 Å². The van der Waals surface area contributed by atoms with Crippen LogP contribution in [0.5, 0.6) is 0 Å². The number of carbonyl (C=O) groups excluding carboxylic acids is 1. The average molecular weight is 1220 g/mol. The summed E-state index contributed by atoms with van der Waals surface area (Å²) < 4.78 is 100.